The molecule has 0 radical (unpaired) electrons. The predicted octanol–water partition coefficient (Wildman–Crippen LogP) is 2.62. The number of nitrogens with zero attached hydrogens (tertiary/aromatic N) is 4. The molecule has 6 nitrogen and oxygen atoms in total. The third-order valence-electron chi connectivity index (χ3n) is 6.41. The summed E-state index contributed by atoms with van der Waals surface area (Å²) in [5.74, 6) is 0.228. The van der Waals surface area contributed by atoms with Gasteiger partial charge in [0.1, 0.15) is 5.69 Å². The number of rotatable bonds is 2. The molecule has 6 heteroatoms. The molecule has 136 valence electrons. The molecule has 0 aromatic carbocycles. The summed E-state index contributed by atoms with van der Waals surface area (Å²) >= 11 is 0. The fourth-order valence-electron chi connectivity index (χ4n) is 4.85. The summed E-state index contributed by atoms with van der Waals surface area (Å²) in [6.07, 6.45) is 10.7. The molecule has 1 aromatic rings. The number of carbonyl (C=O) groups excluding carboxylic acids is 2. The molecule has 3 aliphatic rings. The lowest BCUT2D eigenvalue weighted by Gasteiger charge is -2.52. The highest BCUT2D eigenvalue weighted by Gasteiger charge is 2.45. The van der Waals surface area contributed by atoms with Gasteiger partial charge in [0.15, 0.2) is 0 Å². The van der Waals surface area contributed by atoms with Crippen molar-refractivity contribution in [2.75, 3.05) is 19.6 Å². The highest BCUT2D eigenvalue weighted by molar-refractivity contribution is 5.93. The van der Waals surface area contributed by atoms with Gasteiger partial charge in [0, 0.05) is 32.8 Å². The van der Waals surface area contributed by atoms with Crippen LogP contribution in [0, 0.1) is 0 Å². The van der Waals surface area contributed by atoms with Crippen molar-refractivity contribution in [3.63, 3.8) is 0 Å². The topological polar surface area (TPSA) is 58.4 Å². The van der Waals surface area contributed by atoms with E-state index in [1.807, 2.05) is 20.5 Å². The predicted molar refractivity (Wildman–Crippen MR) is 94.2 cm³/mol. The van der Waals surface area contributed by atoms with E-state index in [0.29, 0.717) is 31.4 Å². The number of aromatic nitrogens is 2. The minimum absolute atomic E-state index is 0.0811. The maximum absolute atomic E-state index is 13.2. The van der Waals surface area contributed by atoms with Gasteiger partial charge in [0.25, 0.3) is 5.91 Å². The standard InChI is InChI=1S/C19H28N4O2/c1-15(24)22-13-12-21(14-19(22)9-3-2-4-10-19)18(25)17-8-11-20-23(17)16-6-5-7-16/h8,11,16H,2-7,9-10,12-14H2,1H3. The average Bonchev–Trinajstić information content (AvgIpc) is 3.02. The van der Waals surface area contributed by atoms with E-state index in [1.165, 1.54) is 12.8 Å². The van der Waals surface area contributed by atoms with Crippen molar-refractivity contribution >= 4 is 11.8 Å². The van der Waals surface area contributed by atoms with Crippen molar-refractivity contribution in [2.45, 2.75) is 69.9 Å². The van der Waals surface area contributed by atoms with Crippen LogP contribution in [0.1, 0.15) is 74.8 Å². The lowest BCUT2D eigenvalue weighted by molar-refractivity contribution is -0.141. The first-order valence-electron chi connectivity index (χ1n) is 9.72. The molecule has 0 atom stereocenters. The Morgan fingerprint density at radius 1 is 1.12 bits per heavy atom. The lowest BCUT2D eigenvalue weighted by Crippen LogP contribution is -2.65. The van der Waals surface area contributed by atoms with Gasteiger partial charge in [-0.3, -0.25) is 14.3 Å². The highest BCUT2D eigenvalue weighted by atomic mass is 16.2. The van der Waals surface area contributed by atoms with E-state index in [-0.39, 0.29) is 17.4 Å². The van der Waals surface area contributed by atoms with Crippen LogP contribution in [0.2, 0.25) is 0 Å². The Balaban J connectivity index is 1.56. The maximum Gasteiger partial charge on any atom is 0.272 e. The van der Waals surface area contributed by atoms with Gasteiger partial charge in [-0.25, -0.2) is 0 Å². The Kier molecular flexibility index (Phi) is 4.29. The van der Waals surface area contributed by atoms with Crippen LogP contribution in [0.15, 0.2) is 12.3 Å². The summed E-state index contributed by atoms with van der Waals surface area (Å²) in [7, 11) is 0. The summed E-state index contributed by atoms with van der Waals surface area (Å²) in [5, 5.41) is 4.41. The molecule has 2 amide bonds. The zero-order valence-electron chi connectivity index (χ0n) is 15.1. The van der Waals surface area contributed by atoms with Crippen LogP contribution < -0.4 is 0 Å². The van der Waals surface area contributed by atoms with E-state index in [9.17, 15) is 9.59 Å². The number of amides is 2. The molecule has 2 heterocycles. The molecule has 1 aliphatic heterocycles. The Bertz CT molecular complexity index is 658. The second-order valence-corrected chi connectivity index (χ2v) is 7.93. The van der Waals surface area contributed by atoms with Gasteiger partial charge in [-0.15, -0.1) is 0 Å². The van der Waals surface area contributed by atoms with Crippen molar-refractivity contribution < 1.29 is 9.59 Å². The van der Waals surface area contributed by atoms with Gasteiger partial charge < -0.3 is 9.80 Å². The zero-order chi connectivity index (χ0) is 17.4. The van der Waals surface area contributed by atoms with Crippen LogP contribution in [-0.2, 0) is 4.79 Å². The molecule has 0 bridgehead atoms. The Morgan fingerprint density at radius 2 is 1.88 bits per heavy atom. The van der Waals surface area contributed by atoms with Crippen LogP contribution in [0.3, 0.4) is 0 Å². The van der Waals surface area contributed by atoms with E-state index in [4.69, 9.17) is 0 Å². The smallest absolute Gasteiger partial charge is 0.272 e. The normalized spacial score (nSPS) is 23.6. The minimum atomic E-state index is -0.153. The summed E-state index contributed by atoms with van der Waals surface area (Å²) in [4.78, 5) is 29.4. The van der Waals surface area contributed by atoms with E-state index in [2.05, 4.69) is 5.10 Å². The Labute approximate surface area is 149 Å². The average molecular weight is 344 g/mol. The van der Waals surface area contributed by atoms with Crippen LogP contribution in [0.25, 0.3) is 0 Å². The fourth-order valence-corrected chi connectivity index (χ4v) is 4.85. The number of hydrogen-bond donors (Lipinski definition) is 0. The van der Waals surface area contributed by atoms with E-state index in [0.717, 1.165) is 38.5 Å². The van der Waals surface area contributed by atoms with Gasteiger partial charge in [0.05, 0.1) is 11.6 Å². The number of piperazine rings is 1. The first-order chi connectivity index (χ1) is 12.1. The Morgan fingerprint density at radius 3 is 2.52 bits per heavy atom. The quantitative estimate of drug-likeness (QED) is 0.829. The van der Waals surface area contributed by atoms with Crippen molar-refractivity contribution in [1.82, 2.24) is 19.6 Å². The maximum atomic E-state index is 13.2. The number of hydrogen-bond acceptors (Lipinski definition) is 3. The van der Waals surface area contributed by atoms with E-state index < -0.39 is 0 Å². The third kappa shape index (κ3) is 2.85. The summed E-state index contributed by atoms with van der Waals surface area (Å²) in [6, 6.07) is 2.24. The zero-order valence-corrected chi connectivity index (χ0v) is 15.1. The van der Waals surface area contributed by atoms with Gasteiger partial charge in [-0.05, 0) is 38.2 Å². The minimum Gasteiger partial charge on any atom is -0.334 e. The summed E-state index contributed by atoms with van der Waals surface area (Å²) in [5.41, 5.74) is 0.561. The van der Waals surface area contributed by atoms with Crippen molar-refractivity contribution in [1.29, 1.82) is 0 Å². The molecule has 0 N–H and O–H groups in total. The second-order valence-electron chi connectivity index (χ2n) is 7.93. The molecule has 25 heavy (non-hydrogen) atoms. The third-order valence-corrected chi connectivity index (χ3v) is 6.41. The molecular formula is C19H28N4O2. The molecule has 1 aromatic heterocycles. The molecule has 1 saturated heterocycles. The van der Waals surface area contributed by atoms with Gasteiger partial charge in [-0.2, -0.15) is 5.10 Å². The van der Waals surface area contributed by atoms with Crippen LogP contribution >= 0.6 is 0 Å². The van der Waals surface area contributed by atoms with Gasteiger partial charge >= 0.3 is 0 Å². The SMILES string of the molecule is CC(=O)N1CCN(C(=O)c2ccnn2C2CCC2)CC12CCCCC2. The van der Waals surface area contributed by atoms with E-state index >= 15 is 0 Å². The largest absolute Gasteiger partial charge is 0.334 e. The summed E-state index contributed by atoms with van der Waals surface area (Å²) in [6.45, 7) is 3.61. The molecule has 1 spiro atoms. The summed E-state index contributed by atoms with van der Waals surface area (Å²) < 4.78 is 1.93. The molecular weight excluding hydrogens is 316 g/mol. The molecule has 2 saturated carbocycles. The first kappa shape index (κ1) is 16.6. The van der Waals surface area contributed by atoms with Crippen molar-refractivity contribution in [3.05, 3.63) is 18.0 Å². The van der Waals surface area contributed by atoms with Crippen LogP contribution in [0.5, 0.6) is 0 Å². The second kappa shape index (κ2) is 6.46. The van der Waals surface area contributed by atoms with Gasteiger partial charge in [-0.1, -0.05) is 19.3 Å². The molecule has 3 fully saturated rings. The molecule has 0 unspecified atom stereocenters. The lowest BCUT2D eigenvalue weighted by atomic mass is 9.78. The number of carbonyl (C=O) groups is 2. The molecule has 2 aliphatic carbocycles. The van der Waals surface area contributed by atoms with Gasteiger partial charge in [0.2, 0.25) is 5.91 Å². The molecule has 4 rings (SSSR count). The monoisotopic (exact) mass is 344 g/mol. The van der Waals surface area contributed by atoms with Crippen LogP contribution in [0.4, 0.5) is 0 Å². The van der Waals surface area contributed by atoms with E-state index in [1.54, 1.807) is 13.1 Å². The fraction of sp³-hybridized carbons (Fsp3) is 0.737. The first-order valence-corrected chi connectivity index (χ1v) is 9.72. The highest BCUT2D eigenvalue weighted by Crippen LogP contribution is 2.37. The van der Waals surface area contributed by atoms with Crippen molar-refractivity contribution in [3.8, 4) is 0 Å². The van der Waals surface area contributed by atoms with Crippen LogP contribution in [-0.4, -0.2) is 56.6 Å². The van der Waals surface area contributed by atoms with Crippen molar-refractivity contribution in [2.24, 2.45) is 0 Å². The Hall–Kier alpha value is -1.85.